The van der Waals surface area contributed by atoms with Crippen LogP contribution in [0.2, 0.25) is 0 Å². The Morgan fingerprint density at radius 1 is 1.00 bits per heavy atom. The van der Waals surface area contributed by atoms with Crippen molar-refractivity contribution in [2.24, 2.45) is 11.5 Å². The monoisotopic (exact) mass is 611 g/mol. The summed E-state index contributed by atoms with van der Waals surface area (Å²) in [5.74, 6) is -2.03. The lowest BCUT2D eigenvalue weighted by Gasteiger charge is -2.24. The van der Waals surface area contributed by atoms with Crippen LogP contribution in [0.15, 0.2) is 48.6 Å². The van der Waals surface area contributed by atoms with Gasteiger partial charge in [0.2, 0.25) is 17.7 Å². The van der Waals surface area contributed by atoms with Crippen LogP contribution in [0.3, 0.4) is 0 Å². The van der Waals surface area contributed by atoms with Crippen LogP contribution in [0.5, 0.6) is 0 Å². The van der Waals surface area contributed by atoms with Crippen molar-refractivity contribution in [3.05, 3.63) is 59.7 Å². The minimum atomic E-state index is -1.00. The van der Waals surface area contributed by atoms with E-state index in [0.717, 1.165) is 32.9 Å². The first-order chi connectivity index (χ1) is 20.1. The van der Waals surface area contributed by atoms with Gasteiger partial charge in [-0.1, -0.05) is 24.3 Å². The molecule has 43 heavy (non-hydrogen) atoms. The third-order valence-electron chi connectivity index (χ3n) is 7.19. The molecule has 3 aromatic rings. The van der Waals surface area contributed by atoms with Crippen molar-refractivity contribution in [3.63, 3.8) is 0 Å². The van der Waals surface area contributed by atoms with Gasteiger partial charge in [0.25, 0.3) is 0 Å². The fourth-order valence-electron chi connectivity index (χ4n) is 5.10. The third kappa shape index (κ3) is 8.71. The Kier molecular flexibility index (Phi) is 11.5. The molecule has 230 valence electrons. The van der Waals surface area contributed by atoms with Gasteiger partial charge < -0.3 is 38.1 Å². The zero-order chi connectivity index (χ0) is 30.2. The molecule has 2 heterocycles. The number of hydrogen-bond donors (Lipinski definition) is 7. The van der Waals surface area contributed by atoms with Gasteiger partial charge in [0, 0.05) is 35.2 Å². The van der Waals surface area contributed by atoms with Crippen LogP contribution in [-0.4, -0.2) is 66.4 Å². The van der Waals surface area contributed by atoms with Gasteiger partial charge >= 0.3 is 11.9 Å². The Hall–Kier alpha value is -4.58. The van der Waals surface area contributed by atoms with Crippen LogP contribution in [-0.2, 0) is 36.8 Å². The highest BCUT2D eigenvalue weighted by molar-refractivity contribution is 6.07. The number of rotatable bonds is 6. The standard InChI is InChI=1S/C30H37N7O5.ClH/c1-17(38)34-26-16-19-10-12-23-21(15-19)20-14-18(9-11-22(20)35-23)6-3-4-7-25(29(41)42-2)37-27(39)24(36-28(26)40)8-5-13-33-30(31)32;/h3-4,9-12,14-15,24-26,35H,5-8,13,16H2,1-2H3,(H,34,38)(H,36,40)(H,37,39)(H4,31,32,33);1H/b4-3+;/t24-,25-,26?;/m0./s1. The van der Waals surface area contributed by atoms with Crippen LogP contribution in [0, 0.1) is 0 Å². The van der Waals surface area contributed by atoms with Crippen LogP contribution in [0.25, 0.3) is 21.8 Å². The average Bonchev–Trinajstić information content (AvgIpc) is 3.31. The first-order valence-corrected chi connectivity index (χ1v) is 13.9. The number of fused-ring (bicyclic) bond motifs is 2. The van der Waals surface area contributed by atoms with Gasteiger partial charge in [0.15, 0.2) is 0 Å². The molecule has 0 saturated carbocycles. The predicted molar refractivity (Wildman–Crippen MR) is 159 cm³/mol. The van der Waals surface area contributed by atoms with Gasteiger partial charge in [-0.2, -0.15) is 0 Å². The van der Waals surface area contributed by atoms with Crippen molar-refractivity contribution < 1.29 is 41.3 Å². The second-order valence-electron chi connectivity index (χ2n) is 10.4. The summed E-state index contributed by atoms with van der Waals surface area (Å²) in [6.07, 6.45) is 5.46. The van der Waals surface area contributed by atoms with E-state index in [2.05, 4.69) is 32.0 Å². The topological polar surface area (TPSA) is 195 Å². The van der Waals surface area contributed by atoms with Gasteiger partial charge in [0.1, 0.15) is 18.1 Å². The number of esters is 1. The highest BCUT2D eigenvalue weighted by Crippen LogP contribution is 2.28. The zero-order valence-electron chi connectivity index (χ0n) is 24.2. The Morgan fingerprint density at radius 3 is 2.33 bits per heavy atom. The molecule has 0 spiro atoms. The minimum absolute atomic E-state index is 0. The van der Waals surface area contributed by atoms with E-state index in [0.29, 0.717) is 19.4 Å². The van der Waals surface area contributed by atoms with E-state index >= 15 is 0 Å². The summed E-state index contributed by atoms with van der Waals surface area (Å²) < 4.78 is 4.92. The number of amides is 3. The lowest BCUT2D eigenvalue weighted by atomic mass is 10.0. The number of ether oxygens (including phenoxy) is 1. The second kappa shape index (κ2) is 15.1. The molecule has 12 nitrogen and oxygen atoms in total. The van der Waals surface area contributed by atoms with Crippen molar-refractivity contribution in [1.82, 2.24) is 20.9 Å². The normalized spacial score (nSPS) is 20.0. The highest BCUT2D eigenvalue weighted by atomic mass is 35.5. The van der Waals surface area contributed by atoms with Crippen molar-refractivity contribution >= 4 is 51.5 Å². The first kappa shape index (κ1) is 32.9. The number of H-pyrrole nitrogens is 1. The van der Waals surface area contributed by atoms with E-state index in [1.807, 2.05) is 42.5 Å². The van der Waals surface area contributed by atoms with Crippen molar-refractivity contribution in [2.75, 3.05) is 13.7 Å². The average molecular weight is 612 g/mol. The first-order valence-electron chi connectivity index (χ1n) is 13.9. The molecular formula is C30H38ClN7O5. The maximum atomic E-state index is 13.5. The van der Waals surface area contributed by atoms with Crippen molar-refractivity contribution in [2.45, 2.75) is 57.2 Å². The summed E-state index contributed by atoms with van der Waals surface area (Å²) >= 11 is 0. The number of methoxy groups -OCH3 is 1. The minimum Gasteiger partial charge on any atom is -1.00 e. The number of benzene rings is 2. The summed E-state index contributed by atoms with van der Waals surface area (Å²) in [4.78, 5) is 57.8. The molecule has 0 fully saturated rings. The number of guanidine groups is 1. The molecule has 1 aliphatic rings. The summed E-state index contributed by atoms with van der Waals surface area (Å²) in [5.41, 5.74) is 14.8. The van der Waals surface area contributed by atoms with E-state index < -0.39 is 35.9 Å². The summed E-state index contributed by atoms with van der Waals surface area (Å²) in [5, 5.41) is 10.3. The van der Waals surface area contributed by atoms with E-state index in [4.69, 9.17) is 16.2 Å². The van der Waals surface area contributed by atoms with Gasteiger partial charge in [-0.15, -0.1) is 0 Å². The van der Waals surface area contributed by atoms with E-state index in [1.165, 1.54) is 14.0 Å². The van der Waals surface area contributed by atoms with Crippen molar-refractivity contribution in [3.8, 4) is 0 Å². The van der Waals surface area contributed by atoms with E-state index in [-0.39, 0.29) is 43.5 Å². The van der Waals surface area contributed by atoms with Gasteiger partial charge in [-0.25, -0.2) is 4.79 Å². The molecule has 1 aromatic heterocycles. The second-order valence-corrected chi connectivity index (χ2v) is 10.4. The molecule has 4 rings (SSSR count). The van der Waals surface area contributed by atoms with E-state index in [9.17, 15) is 19.2 Å². The fraction of sp³-hybridized carbons (Fsp3) is 0.367. The number of hydrogen-bond acceptors (Lipinski definition) is 5. The van der Waals surface area contributed by atoms with Crippen LogP contribution in [0.1, 0.15) is 37.3 Å². The number of allylic oxidation sites excluding steroid dienone is 1. The molecular weight excluding hydrogens is 574 g/mol. The fourth-order valence-corrected chi connectivity index (χ4v) is 5.10. The number of halogens is 1. The number of aromatic nitrogens is 1. The summed E-state index contributed by atoms with van der Waals surface area (Å²) in [6.45, 7) is 1.70. The van der Waals surface area contributed by atoms with Gasteiger partial charge in [0.05, 0.1) is 13.7 Å². The Labute approximate surface area is 255 Å². The maximum Gasteiger partial charge on any atom is 0.338 e. The number of nitrogens with two attached hydrogens (primary N) is 2. The molecule has 3 atom stereocenters. The zero-order valence-corrected chi connectivity index (χ0v) is 24.9. The van der Waals surface area contributed by atoms with Crippen LogP contribution < -0.4 is 44.8 Å². The van der Waals surface area contributed by atoms with Crippen molar-refractivity contribution in [1.29, 1.82) is 0 Å². The number of carbonyl (C=O) groups excluding carboxylic acids is 4. The largest absolute Gasteiger partial charge is 1.00 e. The lowest BCUT2D eigenvalue weighted by Crippen LogP contribution is -3.00. The number of nitrogens with one attached hydrogen (secondary N) is 5. The number of carbonyl (C=O) groups is 4. The van der Waals surface area contributed by atoms with E-state index in [1.54, 1.807) is 0 Å². The summed E-state index contributed by atoms with van der Waals surface area (Å²) in [7, 11) is 1.25. The van der Waals surface area contributed by atoms with Gasteiger partial charge in [-0.3, -0.25) is 30.8 Å². The smallest absolute Gasteiger partial charge is 0.338 e. The van der Waals surface area contributed by atoms with Gasteiger partial charge in [-0.05, 0) is 61.1 Å². The predicted octanol–water partition coefficient (Wildman–Crippen LogP) is -3.85. The Bertz CT molecular complexity index is 1550. The molecule has 1 unspecified atom stereocenters. The Morgan fingerprint density at radius 2 is 1.67 bits per heavy atom. The van der Waals surface area contributed by atoms with Crippen LogP contribution >= 0.6 is 0 Å². The summed E-state index contributed by atoms with van der Waals surface area (Å²) in [6, 6.07) is 9.15. The molecule has 3 amide bonds. The molecule has 9 N–H and O–H groups in total. The molecule has 2 aromatic carbocycles. The Balaban J connectivity index is 0.00000506. The lowest BCUT2D eigenvalue weighted by molar-refractivity contribution is -0.459. The molecule has 13 heteroatoms. The molecule has 0 saturated heterocycles. The molecule has 1 aliphatic heterocycles. The van der Waals surface area contributed by atoms with Crippen LogP contribution in [0.4, 0.5) is 0 Å². The quantitative estimate of drug-likeness (QED) is 0.0487. The number of aromatic amines is 1. The highest BCUT2D eigenvalue weighted by Gasteiger charge is 2.29. The molecule has 0 radical (unpaired) electrons. The third-order valence-corrected chi connectivity index (χ3v) is 7.19. The maximum absolute atomic E-state index is 13.5. The SMILES string of the molecule is COC(=O)[C@@H]1C/C=C/Cc2ccc3[nH]c4ccc(cc4c3c2)CC(NC(C)=O)C(=O)N[C@@H](CCC[NH+]=C(N)N)C(=O)N1.[Cl-]. The molecule has 0 aliphatic carbocycles. The molecule has 4 bridgehead atoms.